The van der Waals surface area contributed by atoms with Gasteiger partial charge in [-0.25, -0.2) is 22.4 Å². The lowest BCUT2D eigenvalue weighted by Gasteiger charge is -2.30. The monoisotopic (exact) mass is 436 g/mol. The fourth-order valence-electron chi connectivity index (χ4n) is 4.71. The molecule has 3 rings (SSSR count). The number of carboxylic acid groups (broad SMARTS) is 1. The summed E-state index contributed by atoms with van der Waals surface area (Å²) in [6, 6.07) is 4.19. The van der Waals surface area contributed by atoms with Crippen molar-refractivity contribution in [2.75, 3.05) is 0 Å². The Labute approximate surface area is 180 Å². The fourth-order valence-corrected chi connectivity index (χ4v) is 4.71. The minimum absolute atomic E-state index is 0.0459. The number of aromatic carboxylic acids is 1. The minimum Gasteiger partial charge on any atom is -0.478 e. The molecule has 0 atom stereocenters. The highest BCUT2D eigenvalue weighted by atomic mass is 19.2. The van der Waals surface area contributed by atoms with Gasteiger partial charge in [0.1, 0.15) is 5.82 Å². The Morgan fingerprint density at radius 2 is 1.58 bits per heavy atom. The van der Waals surface area contributed by atoms with Gasteiger partial charge in [-0.2, -0.15) is 0 Å². The van der Waals surface area contributed by atoms with E-state index in [9.17, 15) is 23.1 Å². The molecule has 1 aliphatic carbocycles. The van der Waals surface area contributed by atoms with Gasteiger partial charge in [0.25, 0.3) is 0 Å². The van der Waals surface area contributed by atoms with Crippen LogP contribution >= 0.6 is 0 Å². The third kappa shape index (κ3) is 5.28. The molecule has 0 aliphatic heterocycles. The molecule has 0 radical (unpaired) electrons. The third-order valence-electron chi connectivity index (χ3n) is 6.43. The molecule has 1 N–H and O–H groups in total. The van der Waals surface area contributed by atoms with Crippen molar-refractivity contribution in [1.82, 2.24) is 0 Å². The topological polar surface area (TPSA) is 37.3 Å². The summed E-state index contributed by atoms with van der Waals surface area (Å²) in [5, 5.41) is 9.30. The number of rotatable bonds is 8. The van der Waals surface area contributed by atoms with E-state index in [0.717, 1.165) is 37.8 Å². The normalized spacial score (nSPS) is 18.9. The molecule has 6 heteroatoms. The molecule has 1 saturated carbocycles. The van der Waals surface area contributed by atoms with Gasteiger partial charge >= 0.3 is 5.97 Å². The van der Waals surface area contributed by atoms with Crippen LogP contribution in [0.25, 0.3) is 11.1 Å². The second-order valence-electron chi connectivity index (χ2n) is 8.52. The first kappa shape index (κ1) is 23.3. The van der Waals surface area contributed by atoms with Crippen molar-refractivity contribution in [3.05, 3.63) is 58.7 Å². The van der Waals surface area contributed by atoms with E-state index in [1.165, 1.54) is 44.2 Å². The number of halogens is 4. The van der Waals surface area contributed by atoms with Crippen LogP contribution < -0.4 is 0 Å². The highest BCUT2D eigenvalue weighted by molar-refractivity contribution is 5.90. The average Bonchev–Trinajstić information content (AvgIpc) is 2.74. The first-order chi connectivity index (χ1) is 14.8. The van der Waals surface area contributed by atoms with Gasteiger partial charge in [0.05, 0.1) is 5.56 Å². The third-order valence-corrected chi connectivity index (χ3v) is 6.43. The molecule has 168 valence electrons. The van der Waals surface area contributed by atoms with E-state index in [-0.39, 0.29) is 17.0 Å². The van der Waals surface area contributed by atoms with Crippen LogP contribution in [0.5, 0.6) is 0 Å². The molecule has 1 aliphatic rings. The van der Waals surface area contributed by atoms with E-state index >= 15 is 4.39 Å². The van der Waals surface area contributed by atoms with Crippen molar-refractivity contribution in [2.45, 2.75) is 70.6 Å². The van der Waals surface area contributed by atoms with Crippen LogP contribution in [0.1, 0.15) is 86.6 Å². The largest absolute Gasteiger partial charge is 0.478 e. The van der Waals surface area contributed by atoms with Crippen molar-refractivity contribution in [3.8, 4) is 11.1 Å². The number of unbranched alkanes of at least 4 members (excludes halogenated alkanes) is 3. The second-order valence-corrected chi connectivity index (χ2v) is 8.52. The van der Waals surface area contributed by atoms with Crippen molar-refractivity contribution >= 4 is 5.97 Å². The van der Waals surface area contributed by atoms with E-state index < -0.39 is 34.8 Å². The number of hydrogen-bond acceptors (Lipinski definition) is 1. The molecule has 1 fully saturated rings. The summed E-state index contributed by atoms with van der Waals surface area (Å²) in [6.45, 7) is 2.18. The molecule has 0 saturated heterocycles. The van der Waals surface area contributed by atoms with Crippen LogP contribution in [0.4, 0.5) is 17.6 Å². The van der Waals surface area contributed by atoms with Crippen LogP contribution in [-0.2, 0) is 0 Å². The maximum Gasteiger partial charge on any atom is 0.338 e. The van der Waals surface area contributed by atoms with Gasteiger partial charge in [0.15, 0.2) is 17.5 Å². The Morgan fingerprint density at radius 3 is 2.16 bits per heavy atom. The Balaban J connectivity index is 1.90. The molecule has 0 bridgehead atoms. The Kier molecular flexibility index (Phi) is 7.74. The standard InChI is InChI=1S/C25H28F4O2/c1-2-3-4-5-6-15-7-9-16(10-8-15)18-11-12-19(25(30)31)23(28)22(18)17-13-20(26)24(29)21(27)14-17/h11-16H,2-10H2,1H3,(H,30,31). The quantitative estimate of drug-likeness (QED) is 0.260. The molecule has 2 nitrogen and oxygen atoms in total. The number of carboxylic acids is 1. The lowest BCUT2D eigenvalue weighted by atomic mass is 9.75. The minimum atomic E-state index is -1.64. The lowest BCUT2D eigenvalue weighted by molar-refractivity contribution is 0.0692. The Hall–Kier alpha value is -2.37. The molecule has 0 spiro atoms. The Bertz CT molecular complexity index is 910. The van der Waals surface area contributed by atoms with E-state index in [4.69, 9.17) is 0 Å². The van der Waals surface area contributed by atoms with Crippen LogP contribution in [0.3, 0.4) is 0 Å². The van der Waals surface area contributed by atoms with Crippen molar-refractivity contribution < 1.29 is 27.5 Å². The zero-order chi connectivity index (χ0) is 22.5. The van der Waals surface area contributed by atoms with Gasteiger partial charge in [-0.15, -0.1) is 0 Å². The summed E-state index contributed by atoms with van der Waals surface area (Å²) in [4.78, 5) is 11.4. The maximum atomic E-state index is 15.2. The zero-order valence-corrected chi connectivity index (χ0v) is 17.7. The van der Waals surface area contributed by atoms with Gasteiger partial charge in [0, 0.05) is 5.56 Å². The van der Waals surface area contributed by atoms with Crippen LogP contribution in [0.15, 0.2) is 24.3 Å². The number of hydrogen-bond donors (Lipinski definition) is 1. The average molecular weight is 436 g/mol. The summed E-state index contributed by atoms with van der Waals surface area (Å²) in [5.74, 6) is -6.45. The van der Waals surface area contributed by atoms with Gasteiger partial charge in [-0.3, -0.25) is 0 Å². The summed E-state index contributed by atoms with van der Waals surface area (Å²) in [6.07, 6.45) is 9.56. The highest BCUT2D eigenvalue weighted by Crippen LogP contribution is 2.43. The molecule has 0 aromatic heterocycles. The first-order valence-corrected chi connectivity index (χ1v) is 11.0. The predicted octanol–water partition coefficient (Wildman–Crippen LogP) is 7.85. The molecule has 0 heterocycles. The smallest absolute Gasteiger partial charge is 0.338 e. The van der Waals surface area contributed by atoms with Gasteiger partial charge in [-0.05, 0) is 66.8 Å². The van der Waals surface area contributed by atoms with E-state index in [1.807, 2.05) is 0 Å². The van der Waals surface area contributed by atoms with Crippen LogP contribution in [0.2, 0.25) is 0 Å². The van der Waals surface area contributed by atoms with Gasteiger partial charge < -0.3 is 5.11 Å². The summed E-state index contributed by atoms with van der Waals surface area (Å²) >= 11 is 0. The van der Waals surface area contributed by atoms with E-state index in [2.05, 4.69) is 6.92 Å². The predicted molar refractivity (Wildman–Crippen MR) is 112 cm³/mol. The molecule has 31 heavy (non-hydrogen) atoms. The molecular weight excluding hydrogens is 408 g/mol. The molecular formula is C25H28F4O2. The van der Waals surface area contributed by atoms with Crippen molar-refractivity contribution in [1.29, 1.82) is 0 Å². The molecule has 0 amide bonds. The number of benzene rings is 2. The molecule has 2 aromatic rings. The number of carbonyl (C=O) groups is 1. The Morgan fingerprint density at radius 1 is 0.935 bits per heavy atom. The van der Waals surface area contributed by atoms with Crippen molar-refractivity contribution in [3.63, 3.8) is 0 Å². The lowest BCUT2D eigenvalue weighted by Crippen LogP contribution is -2.15. The highest BCUT2D eigenvalue weighted by Gasteiger charge is 2.28. The van der Waals surface area contributed by atoms with E-state index in [1.54, 1.807) is 0 Å². The zero-order valence-electron chi connectivity index (χ0n) is 17.7. The first-order valence-electron chi connectivity index (χ1n) is 11.0. The molecule has 2 aromatic carbocycles. The maximum absolute atomic E-state index is 15.2. The second kappa shape index (κ2) is 10.3. The van der Waals surface area contributed by atoms with Crippen LogP contribution in [-0.4, -0.2) is 11.1 Å². The van der Waals surface area contributed by atoms with Crippen LogP contribution in [0, 0.1) is 29.2 Å². The summed E-state index contributed by atoms with van der Waals surface area (Å²) in [5.41, 5.74) is -0.386. The van der Waals surface area contributed by atoms with Gasteiger partial charge in [-0.1, -0.05) is 45.1 Å². The summed E-state index contributed by atoms with van der Waals surface area (Å²) in [7, 11) is 0. The van der Waals surface area contributed by atoms with Gasteiger partial charge in [0.2, 0.25) is 0 Å². The SMILES string of the molecule is CCCCCCC1CCC(c2ccc(C(=O)O)c(F)c2-c2cc(F)c(F)c(F)c2)CC1. The summed E-state index contributed by atoms with van der Waals surface area (Å²) < 4.78 is 56.4. The molecule has 0 unspecified atom stereocenters. The fraction of sp³-hybridized carbons (Fsp3) is 0.480. The van der Waals surface area contributed by atoms with E-state index in [0.29, 0.717) is 11.5 Å². The van der Waals surface area contributed by atoms with Crippen molar-refractivity contribution in [2.24, 2.45) is 5.92 Å².